The molecule has 0 aliphatic carbocycles. The van der Waals surface area contributed by atoms with Gasteiger partial charge in [0, 0.05) is 44.8 Å². The highest BCUT2D eigenvalue weighted by Gasteiger charge is 2.57. The molecule has 0 saturated carbocycles. The van der Waals surface area contributed by atoms with Crippen LogP contribution in [0.15, 0.2) is 36.5 Å². The third-order valence-corrected chi connectivity index (χ3v) is 8.79. The first-order valence-electron chi connectivity index (χ1n) is 14.6. The lowest BCUT2D eigenvalue weighted by molar-refractivity contribution is -0.330. The van der Waals surface area contributed by atoms with Gasteiger partial charge in [-0.3, -0.25) is 9.59 Å². The van der Waals surface area contributed by atoms with Crippen molar-refractivity contribution in [2.75, 3.05) is 21.0 Å². The SMILES string of the molecule is C=C1C[C@](OC)([C@H](O)C(=O)N[C@H]2OCO[C@H]3[C@H]2O[C@H](CC(=O)CCC/C=C/C=C/C(=O)[O-])C(C)(C)[C@@H]3OC)O[C@H](C)[C@@H]1C. The van der Waals surface area contributed by atoms with Gasteiger partial charge in [-0.15, -0.1) is 0 Å². The second-order valence-electron chi connectivity index (χ2n) is 12.0. The molecule has 0 bridgehead atoms. The lowest BCUT2D eigenvalue weighted by Gasteiger charge is -2.54. The number of aliphatic carboxylic acids is 1. The second kappa shape index (κ2) is 15.0. The Bertz CT molecular complexity index is 1070. The summed E-state index contributed by atoms with van der Waals surface area (Å²) in [4.78, 5) is 36.7. The van der Waals surface area contributed by atoms with Crippen LogP contribution < -0.4 is 10.4 Å². The van der Waals surface area contributed by atoms with Gasteiger partial charge in [0.15, 0.2) is 12.3 Å². The lowest BCUT2D eigenvalue weighted by Crippen LogP contribution is -2.69. The summed E-state index contributed by atoms with van der Waals surface area (Å²) in [6.45, 7) is 11.6. The number of amides is 1. The quantitative estimate of drug-likeness (QED) is 0.134. The van der Waals surface area contributed by atoms with Gasteiger partial charge in [-0.2, -0.15) is 0 Å². The van der Waals surface area contributed by atoms with E-state index in [1.165, 1.54) is 13.2 Å². The van der Waals surface area contributed by atoms with E-state index in [-0.39, 0.29) is 37.4 Å². The lowest BCUT2D eigenvalue weighted by atomic mass is 9.72. The molecule has 9 atom stereocenters. The predicted molar refractivity (Wildman–Crippen MR) is 152 cm³/mol. The summed E-state index contributed by atoms with van der Waals surface area (Å²) < 4.78 is 35.5. The number of carbonyl (C=O) groups excluding carboxylic acids is 3. The number of Topliss-reactive ketones (excluding diaryl/α,β-unsaturated/α-hetero) is 1. The van der Waals surface area contributed by atoms with Crippen LogP contribution in [0.1, 0.15) is 59.8 Å². The fourth-order valence-electron chi connectivity index (χ4n) is 5.92. The minimum absolute atomic E-state index is 0.0150. The van der Waals surface area contributed by atoms with Gasteiger partial charge >= 0.3 is 0 Å². The molecule has 0 aromatic rings. The fourth-order valence-corrected chi connectivity index (χ4v) is 5.92. The van der Waals surface area contributed by atoms with Crippen LogP contribution in [-0.4, -0.2) is 92.4 Å². The summed E-state index contributed by atoms with van der Waals surface area (Å²) >= 11 is 0. The molecule has 3 heterocycles. The average molecular weight is 609 g/mol. The maximum Gasteiger partial charge on any atom is 0.256 e. The summed E-state index contributed by atoms with van der Waals surface area (Å²) in [5.74, 6) is -3.65. The molecule has 43 heavy (non-hydrogen) atoms. The van der Waals surface area contributed by atoms with E-state index >= 15 is 0 Å². The minimum Gasteiger partial charge on any atom is -0.545 e. The van der Waals surface area contributed by atoms with Gasteiger partial charge in [-0.05, 0) is 25.8 Å². The number of aliphatic hydroxyl groups excluding tert-OH is 1. The molecule has 2 N–H and O–H groups in total. The number of aliphatic hydroxyl groups is 1. The number of hydrogen-bond donors (Lipinski definition) is 2. The van der Waals surface area contributed by atoms with Gasteiger partial charge in [0.05, 0.1) is 24.3 Å². The standard InChI is InChI=1S/C31H47NO11/c1-18-16-31(39-7,43-20(3)19(18)2)26(36)28(37)32-29-25-24(40-17-41-29)27(38-6)30(4,5)22(42-25)15-21(33)13-11-9-8-10-12-14-23(34)35/h8,10,12,14,19-20,22,24-27,29,36H,1,9,11,13,15-17H2,2-7H3,(H,32,37)(H,34,35)/p-1/b10-8+,14-12+/t19-,20-,22-,24+,25-,26-,27-,29+,31-/m1/s1. The van der Waals surface area contributed by atoms with Crippen LogP contribution in [-0.2, 0) is 42.8 Å². The number of ether oxygens (including phenoxy) is 6. The van der Waals surface area contributed by atoms with E-state index in [4.69, 9.17) is 28.4 Å². The summed E-state index contributed by atoms with van der Waals surface area (Å²) in [7, 11) is 2.93. The number of ketones is 1. The van der Waals surface area contributed by atoms with E-state index in [0.717, 1.165) is 11.6 Å². The molecule has 0 spiro atoms. The number of carbonyl (C=O) groups is 3. The molecule has 3 fully saturated rings. The number of allylic oxidation sites excluding steroid dienone is 3. The fraction of sp³-hybridized carbons (Fsp3) is 0.710. The zero-order chi connectivity index (χ0) is 31.9. The summed E-state index contributed by atoms with van der Waals surface area (Å²) in [5.41, 5.74) is 0.169. The van der Waals surface area contributed by atoms with Crippen molar-refractivity contribution in [3.05, 3.63) is 36.5 Å². The monoisotopic (exact) mass is 608 g/mol. The predicted octanol–water partition coefficient (Wildman–Crippen LogP) is 1.31. The summed E-state index contributed by atoms with van der Waals surface area (Å²) in [5, 5.41) is 24.3. The first-order chi connectivity index (χ1) is 20.3. The first-order valence-corrected chi connectivity index (χ1v) is 14.6. The number of rotatable bonds is 13. The second-order valence-corrected chi connectivity index (χ2v) is 12.0. The highest BCUT2D eigenvalue weighted by atomic mass is 16.7. The van der Waals surface area contributed by atoms with E-state index in [2.05, 4.69) is 11.9 Å². The largest absolute Gasteiger partial charge is 0.545 e. The Morgan fingerprint density at radius 3 is 2.53 bits per heavy atom. The number of fused-ring (bicyclic) bond motifs is 1. The molecule has 0 aromatic carbocycles. The van der Waals surface area contributed by atoms with Gasteiger partial charge in [-0.25, -0.2) is 0 Å². The Morgan fingerprint density at radius 2 is 1.91 bits per heavy atom. The van der Waals surface area contributed by atoms with Crippen LogP contribution in [0.4, 0.5) is 0 Å². The van der Waals surface area contributed by atoms with Crippen LogP contribution in [0.25, 0.3) is 0 Å². The maximum atomic E-state index is 13.4. The summed E-state index contributed by atoms with van der Waals surface area (Å²) in [6, 6.07) is 0. The van der Waals surface area contributed by atoms with Crippen molar-refractivity contribution < 1.29 is 53.0 Å². The molecule has 3 saturated heterocycles. The van der Waals surface area contributed by atoms with Crippen LogP contribution >= 0.6 is 0 Å². The minimum atomic E-state index is -1.70. The molecule has 3 aliphatic rings. The van der Waals surface area contributed by atoms with Crippen molar-refractivity contribution in [2.45, 2.75) is 108 Å². The van der Waals surface area contributed by atoms with Gasteiger partial charge in [0.2, 0.25) is 5.79 Å². The van der Waals surface area contributed by atoms with E-state index in [9.17, 15) is 24.6 Å². The number of methoxy groups -OCH3 is 2. The van der Waals surface area contributed by atoms with Crippen molar-refractivity contribution >= 4 is 17.7 Å². The molecule has 0 unspecified atom stereocenters. The van der Waals surface area contributed by atoms with Crippen LogP contribution in [0, 0.1) is 11.3 Å². The molecule has 0 radical (unpaired) electrons. The Hall–Kier alpha value is -2.45. The van der Waals surface area contributed by atoms with Crippen molar-refractivity contribution in [3.63, 3.8) is 0 Å². The van der Waals surface area contributed by atoms with Crippen LogP contribution in [0.3, 0.4) is 0 Å². The van der Waals surface area contributed by atoms with Gasteiger partial charge in [0.1, 0.15) is 24.8 Å². The molecule has 12 heteroatoms. The Morgan fingerprint density at radius 1 is 1.19 bits per heavy atom. The molecule has 0 aromatic heterocycles. The zero-order valence-corrected chi connectivity index (χ0v) is 25.9. The highest BCUT2D eigenvalue weighted by Crippen LogP contribution is 2.43. The highest BCUT2D eigenvalue weighted by molar-refractivity contribution is 5.82. The van der Waals surface area contributed by atoms with E-state index in [1.54, 1.807) is 19.3 Å². The normalized spacial score (nSPS) is 35.0. The number of hydrogen-bond acceptors (Lipinski definition) is 11. The van der Waals surface area contributed by atoms with Gasteiger partial charge < -0.3 is 48.7 Å². The number of carboxylic acids is 1. The van der Waals surface area contributed by atoms with Crippen LogP contribution in [0.2, 0.25) is 0 Å². The molecule has 1 amide bonds. The van der Waals surface area contributed by atoms with E-state index in [1.807, 2.05) is 27.7 Å². The third-order valence-electron chi connectivity index (χ3n) is 8.79. The Balaban J connectivity index is 1.68. The maximum absolute atomic E-state index is 13.4. The number of unbranched alkanes of at least 4 members (excludes halogenated alkanes) is 1. The molecular weight excluding hydrogens is 562 g/mol. The van der Waals surface area contributed by atoms with Crippen molar-refractivity contribution in [1.29, 1.82) is 0 Å². The molecule has 242 valence electrons. The van der Waals surface area contributed by atoms with Crippen LogP contribution in [0.5, 0.6) is 0 Å². The first kappa shape index (κ1) is 35.0. The van der Waals surface area contributed by atoms with Crippen molar-refractivity contribution in [3.8, 4) is 0 Å². The molecular formula is C31H46NO11-. The molecule has 3 aliphatic heterocycles. The number of nitrogens with one attached hydrogen (secondary N) is 1. The smallest absolute Gasteiger partial charge is 0.256 e. The Kier molecular flexibility index (Phi) is 12.2. The topological polar surface area (TPSA) is 162 Å². The zero-order valence-electron chi connectivity index (χ0n) is 25.9. The Labute approximate surface area is 253 Å². The molecule has 3 rings (SSSR count). The van der Waals surface area contributed by atoms with E-state index < -0.39 is 59.8 Å². The molecule has 12 nitrogen and oxygen atoms in total. The average Bonchev–Trinajstić information content (AvgIpc) is 2.95. The van der Waals surface area contributed by atoms with Gasteiger partial charge in [0.25, 0.3) is 5.91 Å². The van der Waals surface area contributed by atoms with E-state index in [0.29, 0.717) is 19.3 Å². The van der Waals surface area contributed by atoms with Crippen molar-refractivity contribution in [1.82, 2.24) is 5.32 Å². The number of carboxylic acid groups (broad SMARTS) is 1. The van der Waals surface area contributed by atoms with Gasteiger partial charge in [-0.1, -0.05) is 51.2 Å². The summed E-state index contributed by atoms with van der Waals surface area (Å²) in [6.07, 6.45) is 1.81. The third kappa shape index (κ3) is 8.18. The van der Waals surface area contributed by atoms with Crippen molar-refractivity contribution in [2.24, 2.45) is 11.3 Å².